The van der Waals surface area contributed by atoms with Gasteiger partial charge in [-0.05, 0) is 20.8 Å². The van der Waals surface area contributed by atoms with Crippen molar-refractivity contribution in [3.63, 3.8) is 0 Å². The summed E-state index contributed by atoms with van der Waals surface area (Å²) in [7, 11) is 0. The standard InChI is InChI=1S/C6H12.3C4H8O2/c1-2-4-6-5-3-1;3*1-3-6-4(2)5/h1-6H2;3*3H2,1-2H3. The maximum absolute atomic E-state index is 9.82. The SMILES string of the molecule is C1CCCCC1.CCOC(C)=O.CCOC(C)=O.CCOC(C)=O. The zero-order valence-corrected chi connectivity index (χ0v) is 16.3. The lowest BCUT2D eigenvalue weighted by atomic mass is 10.0. The molecule has 1 rings (SSSR count). The molecule has 0 aliphatic heterocycles. The molecular formula is C18H36O6. The van der Waals surface area contributed by atoms with Gasteiger partial charge in [-0.3, -0.25) is 14.4 Å². The summed E-state index contributed by atoms with van der Waals surface area (Å²) in [5.74, 6) is -0.632. The Morgan fingerprint density at radius 3 is 0.750 bits per heavy atom. The third kappa shape index (κ3) is 42.8. The van der Waals surface area contributed by atoms with Crippen LogP contribution in [0.15, 0.2) is 0 Å². The second-order valence-corrected chi connectivity index (χ2v) is 4.90. The van der Waals surface area contributed by atoms with Crippen LogP contribution in [0.5, 0.6) is 0 Å². The first kappa shape index (κ1) is 27.3. The molecule has 0 atom stereocenters. The second-order valence-electron chi connectivity index (χ2n) is 4.90. The Labute approximate surface area is 147 Å². The molecule has 1 aliphatic carbocycles. The average Bonchev–Trinajstić information content (AvgIpc) is 2.50. The summed E-state index contributed by atoms with van der Waals surface area (Å²) in [6.07, 6.45) is 9.00. The summed E-state index contributed by atoms with van der Waals surface area (Å²) in [6, 6.07) is 0. The van der Waals surface area contributed by atoms with Gasteiger partial charge in [0.25, 0.3) is 0 Å². The van der Waals surface area contributed by atoms with Crippen molar-refractivity contribution in [3.05, 3.63) is 0 Å². The topological polar surface area (TPSA) is 78.9 Å². The van der Waals surface area contributed by atoms with E-state index in [1.165, 1.54) is 59.3 Å². The van der Waals surface area contributed by atoms with Gasteiger partial charge in [-0.1, -0.05) is 38.5 Å². The van der Waals surface area contributed by atoms with Gasteiger partial charge in [0.1, 0.15) is 0 Å². The van der Waals surface area contributed by atoms with Gasteiger partial charge in [0.2, 0.25) is 0 Å². The number of hydrogen-bond donors (Lipinski definition) is 0. The number of carbonyl (C=O) groups is 3. The van der Waals surface area contributed by atoms with E-state index in [1.54, 1.807) is 20.8 Å². The van der Waals surface area contributed by atoms with E-state index in [4.69, 9.17) is 0 Å². The lowest BCUT2D eigenvalue weighted by Gasteiger charge is -2.05. The maximum atomic E-state index is 9.82. The molecule has 0 aromatic carbocycles. The monoisotopic (exact) mass is 348 g/mol. The van der Waals surface area contributed by atoms with E-state index >= 15 is 0 Å². The highest BCUT2D eigenvalue weighted by Gasteiger charge is 1.95. The first-order chi connectivity index (χ1) is 11.3. The fourth-order valence-electron chi connectivity index (χ4n) is 1.67. The van der Waals surface area contributed by atoms with Gasteiger partial charge >= 0.3 is 17.9 Å². The number of ether oxygens (including phenoxy) is 3. The van der Waals surface area contributed by atoms with Crippen molar-refractivity contribution >= 4 is 17.9 Å². The van der Waals surface area contributed by atoms with Crippen molar-refractivity contribution in [2.75, 3.05) is 19.8 Å². The molecule has 0 saturated heterocycles. The Morgan fingerprint density at radius 2 is 0.708 bits per heavy atom. The van der Waals surface area contributed by atoms with E-state index in [2.05, 4.69) is 14.2 Å². The van der Waals surface area contributed by atoms with Crippen molar-refractivity contribution in [3.8, 4) is 0 Å². The molecule has 6 heteroatoms. The molecule has 0 bridgehead atoms. The second kappa shape index (κ2) is 23.7. The van der Waals surface area contributed by atoms with Gasteiger partial charge in [0.05, 0.1) is 19.8 Å². The van der Waals surface area contributed by atoms with Crippen molar-refractivity contribution < 1.29 is 28.6 Å². The zero-order valence-electron chi connectivity index (χ0n) is 16.3. The summed E-state index contributed by atoms with van der Waals surface area (Å²) in [6.45, 7) is 11.0. The Morgan fingerprint density at radius 1 is 0.542 bits per heavy atom. The normalized spacial score (nSPS) is 11.8. The predicted molar refractivity (Wildman–Crippen MR) is 94.6 cm³/mol. The van der Waals surface area contributed by atoms with E-state index in [0.29, 0.717) is 19.8 Å². The molecular weight excluding hydrogens is 312 g/mol. The summed E-state index contributed by atoms with van der Waals surface area (Å²) in [5, 5.41) is 0. The number of hydrogen-bond acceptors (Lipinski definition) is 6. The van der Waals surface area contributed by atoms with Crippen LogP contribution < -0.4 is 0 Å². The molecule has 1 fully saturated rings. The van der Waals surface area contributed by atoms with E-state index < -0.39 is 0 Å². The van der Waals surface area contributed by atoms with Crippen LogP contribution in [-0.4, -0.2) is 37.7 Å². The molecule has 0 spiro atoms. The molecule has 0 radical (unpaired) electrons. The van der Waals surface area contributed by atoms with Crippen LogP contribution in [0.4, 0.5) is 0 Å². The highest BCUT2D eigenvalue weighted by Crippen LogP contribution is 2.15. The van der Waals surface area contributed by atoms with Crippen LogP contribution in [0, 0.1) is 0 Å². The molecule has 0 amide bonds. The van der Waals surface area contributed by atoms with Crippen LogP contribution >= 0.6 is 0 Å². The Kier molecular flexibility index (Phi) is 26.9. The van der Waals surface area contributed by atoms with Crippen molar-refractivity contribution in [2.24, 2.45) is 0 Å². The van der Waals surface area contributed by atoms with Gasteiger partial charge in [-0.15, -0.1) is 0 Å². The van der Waals surface area contributed by atoms with Crippen molar-refractivity contribution in [1.82, 2.24) is 0 Å². The lowest BCUT2D eigenvalue weighted by molar-refractivity contribution is -0.141. The average molecular weight is 348 g/mol. The van der Waals surface area contributed by atoms with Gasteiger partial charge in [-0.2, -0.15) is 0 Å². The molecule has 24 heavy (non-hydrogen) atoms. The summed E-state index contributed by atoms with van der Waals surface area (Å²) >= 11 is 0. The van der Waals surface area contributed by atoms with Crippen LogP contribution in [0.3, 0.4) is 0 Å². The third-order valence-electron chi connectivity index (χ3n) is 2.54. The quantitative estimate of drug-likeness (QED) is 0.565. The molecule has 6 nitrogen and oxygen atoms in total. The van der Waals surface area contributed by atoms with Crippen LogP contribution in [0.2, 0.25) is 0 Å². The molecule has 1 aliphatic rings. The highest BCUT2D eigenvalue weighted by molar-refractivity contribution is 5.66. The van der Waals surface area contributed by atoms with Gasteiger partial charge < -0.3 is 14.2 Å². The Hall–Kier alpha value is -1.59. The Bertz CT molecular complexity index is 248. The predicted octanol–water partition coefficient (Wildman–Crippen LogP) is 4.05. The first-order valence-electron chi connectivity index (χ1n) is 8.71. The molecule has 0 N–H and O–H groups in total. The number of carbonyl (C=O) groups excluding carboxylic acids is 3. The highest BCUT2D eigenvalue weighted by atomic mass is 16.5. The van der Waals surface area contributed by atoms with E-state index in [1.807, 2.05) is 0 Å². The fraction of sp³-hybridized carbons (Fsp3) is 0.833. The van der Waals surface area contributed by atoms with Crippen molar-refractivity contribution in [2.45, 2.75) is 80.1 Å². The molecule has 0 unspecified atom stereocenters. The van der Waals surface area contributed by atoms with Gasteiger partial charge in [0, 0.05) is 20.8 Å². The Balaban J connectivity index is -0.000000245. The van der Waals surface area contributed by atoms with E-state index in [-0.39, 0.29) is 17.9 Å². The third-order valence-corrected chi connectivity index (χ3v) is 2.54. The van der Waals surface area contributed by atoms with Gasteiger partial charge in [0.15, 0.2) is 0 Å². The van der Waals surface area contributed by atoms with Gasteiger partial charge in [-0.25, -0.2) is 0 Å². The minimum Gasteiger partial charge on any atom is -0.466 e. The largest absolute Gasteiger partial charge is 0.466 e. The summed E-state index contributed by atoms with van der Waals surface area (Å²) in [4.78, 5) is 29.5. The molecule has 1 saturated carbocycles. The minimum atomic E-state index is -0.211. The number of esters is 3. The molecule has 0 heterocycles. The van der Waals surface area contributed by atoms with Crippen LogP contribution in [0.25, 0.3) is 0 Å². The smallest absolute Gasteiger partial charge is 0.302 e. The molecule has 144 valence electrons. The van der Waals surface area contributed by atoms with E-state index in [0.717, 1.165) is 0 Å². The van der Waals surface area contributed by atoms with Crippen LogP contribution in [0.1, 0.15) is 80.1 Å². The van der Waals surface area contributed by atoms with E-state index in [9.17, 15) is 14.4 Å². The fourth-order valence-corrected chi connectivity index (χ4v) is 1.67. The summed E-state index contributed by atoms with van der Waals surface area (Å²) in [5.41, 5.74) is 0. The molecule has 0 aromatic rings. The first-order valence-corrected chi connectivity index (χ1v) is 8.71. The zero-order chi connectivity index (χ0) is 19.2. The molecule has 0 aromatic heterocycles. The number of rotatable bonds is 3. The van der Waals surface area contributed by atoms with Crippen LogP contribution in [-0.2, 0) is 28.6 Å². The minimum absolute atomic E-state index is 0.211. The van der Waals surface area contributed by atoms with Crippen molar-refractivity contribution in [1.29, 1.82) is 0 Å². The summed E-state index contributed by atoms with van der Waals surface area (Å²) < 4.78 is 13.2. The maximum Gasteiger partial charge on any atom is 0.302 e. The lowest BCUT2D eigenvalue weighted by Crippen LogP contribution is -1.95.